The van der Waals surface area contributed by atoms with Gasteiger partial charge in [-0.05, 0) is 26.0 Å². The van der Waals surface area contributed by atoms with E-state index in [9.17, 15) is 28.6 Å². The average molecular weight is 438 g/mol. The highest BCUT2D eigenvalue weighted by Gasteiger charge is 2.23. The second-order valence-electron chi connectivity index (χ2n) is 6.10. The summed E-state index contributed by atoms with van der Waals surface area (Å²) in [4.78, 5) is 22.3. The van der Waals surface area contributed by atoms with Crippen LogP contribution in [0.5, 0.6) is 11.5 Å². The van der Waals surface area contributed by atoms with Crippen LogP contribution in [0.3, 0.4) is 0 Å². The molecule has 0 unspecified atom stereocenters. The van der Waals surface area contributed by atoms with E-state index < -0.39 is 25.6 Å². The summed E-state index contributed by atoms with van der Waals surface area (Å²) in [5.74, 6) is 0.00715. The predicted octanol–water partition coefficient (Wildman–Crippen LogP) is 2.61. The molecule has 2 aromatic rings. The van der Waals surface area contributed by atoms with Crippen molar-refractivity contribution in [2.24, 2.45) is 5.10 Å². The van der Waals surface area contributed by atoms with E-state index in [1.807, 2.05) is 4.83 Å². The van der Waals surface area contributed by atoms with Crippen molar-refractivity contribution in [3.8, 4) is 11.5 Å². The summed E-state index contributed by atoms with van der Waals surface area (Å²) in [6, 6.07) is 6.94. The number of nitrogens with one attached hydrogen (secondary N) is 1. The average Bonchev–Trinajstić information content (AvgIpc) is 2.68. The van der Waals surface area contributed by atoms with Gasteiger partial charge >= 0.3 is 5.69 Å². The number of hydrazone groups is 1. The molecule has 0 fully saturated rings. The first kappa shape index (κ1) is 22.5. The summed E-state index contributed by atoms with van der Waals surface area (Å²) in [7, 11) is -2.89. The van der Waals surface area contributed by atoms with Crippen LogP contribution in [0.1, 0.15) is 19.4 Å². The molecule has 30 heavy (non-hydrogen) atoms. The molecule has 0 spiro atoms. The Morgan fingerprint density at radius 3 is 2.40 bits per heavy atom. The van der Waals surface area contributed by atoms with E-state index in [-0.39, 0.29) is 33.7 Å². The number of nitrogens with zero attached hydrogens (tertiary/aromatic N) is 3. The number of ether oxygens (including phenoxy) is 2. The zero-order chi connectivity index (χ0) is 22.5. The van der Waals surface area contributed by atoms with E-state index in [0.717, 1.165) is 30.5 Å². The molecule has 1 N–H and O–H groups in total. The molecule has 0 radical (unpaired) electrons. The minimum atomic E-state index is -4.19. The monoisotopic (exact) mass is 438 g/mol. The maximum atomic E-state index is 12.3. The van der Waals surface area contributed by atoms with Gasteiger partial charge in [0.25, 0.3) is 15.7 Å². The fourth-order valence-corrected chi connectivity index (χ4v) is 3.14. The number of rotatable bonds is 9. The Labute approximate surface area is 171 Å². The van der Waals surface area contributed by atoms with Gasteiger partial charge in [0.1, 0.15) is 0 Å². The summed E-state index contributed by atoms with van der Waals surface area (Å²) < 4.78 is 35.1. The van der Waals surface area contributed by atoms with E-state index in [2.05, 4.69) is 5.10 Å². The third-order valence-electron chi connectivity index (χ3n) is 3.55. The van der Waals surface area contributed by atoms with E-state index in [1.165, 1.54) is 19.2 Å². The zero-order valence-electron chi connectivity index (χ0n) is 16.1. The number of hydrogen-bond acceptors (Lipinski definition) is 9. The summed E-state index contributed by atoms with van der Waals surface area (Å²) in [5, 5.41) is 25.8. The Kier molecular flexibility index (Phi) is 6.89. The smallest absolute Gasteiger partial charge is 0.315 e. The summed E-state index contributed by atoms with van der Waals surface area (Å²) in [5.41, 5.74) is -0.620. The fraction of sp³-hybridized carbons (Fsp3) is 0.235. The van der Waals surface area contributed by atoms with Crippen molar-refractivity contribution in [2.45, 2.75) is 24.8 Å². The molecule has 0 atom stereocenters. The molecule has 13 heteroatoms. The first-order chi connectivity index (χ1) is 14.0. The highest BCUT2D eigenvalue weighted by Crippen LogP contribution is 2.38. The molecule has 0 aliphatic heterocycles. The Hall–Kier alpha value is -3.74. The van der Waals surface area contributed by atoms with Gasteiger partial charge in [-0.2, -0.15) is 13.5 Å². The molecule has 12 nitrogen and oxygen atoms in total. The van der Waals surface area contributed by atoms with Crippen LogP contribution in [0.15, 0.2) is 46.4 Å². The molecule has 0 bridgehead atoms. The Morgan fingerprint density at radius 1 is 1.13 bits per heavy atom. The minimum Gasteiger partial charge on any atom is -0.493 e. The second-order valence-corrected chi connectivity index (χ2v) is 7.76. The maximum absolute atomic E-state index is 12.3. The van der Waals surface area contributed by atoms with Crippen LogP contribution in [0.25, 0.3) is 0 Å². The Morgan fingerprint density at radius 2 is 1.83 bits per heavy atom. The standard InChI is InChI=1S/C17H18N4O8S/c1-11(2)29-17-15(21(24)25)7-12(8-16(17)28-3)10-18-19-30(26,27)14-6-4-5-13(9-14)20(22)23/h4-11,19H,1-3H3/b18-10+. The fourth-order valence-electron chi connectivity index (χ4n) is 2.31. The number of benzene rings is 2. The Bertz CT molecular complexity index is 1100. The van der Waals surface area contributed by atoms with Gasteiger partial charge in [0.2, 0.25) is 5.75 Å². The Balaban J connectivity index is 2.33. The number of nitro groups is 2. The van der Waals surface area contributed by atoms with Crippen LogP contribution < -0.4 is 14.3 Å². The molecule has 0 aliphatic rings. The van der Waals surface area contributed by atoms with Crippen molar-refractivity contribution in [3.05, 3.63) is 62.2 Å². The lowest BCUT2D eigenvalue weighted by molar-refractivity contribution is -0.386. The molecule has 0 amide bonds. The number of non-ortho nitro benzene ring substituents is 1. The topological polar surface area (TPSA) is 163 Å². The third kappa shape index (κ3) is 5.41. The first-order valence-corrected chi connectivity index (χ1v) is 9.86. The van der Waals surface area contributed by atoms with E-state index >= 15 is 0 Å². The van der Waals surface area contributed by atoms with Gasteiger partial charge in [-0.3, -0.25) is 20.2 Å². The number of hydrogen-bond donors (Lipinski definition) is 1. The molecule has 0 heterocycles. The molecule has 0 saturated heterocycles. The van der Waals surface area contributed by atoms with Crippen molar-refractivity contribution in [1.29, 1.82) is 0 Å². The lowest BCUT2D eigenvalue weighted by Gasteiger charge is -2.14. The molecule has 160 valence electrons. The van der Waals surface area contributed by atoms with E-state index in [4.69, 9.17) is 9.47 Å². The maximum Gasteiger partial charge on any atom is 0.315 e. The van der Waals surface area contributed by atoms with Crippen LogP contribution in [0.2, 0.25) is 0 Å². The molecule has 0 saturated carbocycles. The molecule has 2 aromatic carbocycles. The van der Waals surface area contributed by atoms with E-state index in [0.29, 0.717) is 0 Å². The van der Waals surface area contributed by atoms with Gasteiger partial charge in [-0.1, -0.05) is 6.07 Å². The van der Waals surface area contributed by atoms with Crippen molar-refractivity contribution in [3.63, 3.8) is 0 Å². The summed E-state index contributed by atoms with van der Waals surface area (Å²) >= 11 is 0. The van der Waals surface area contributed by atoms with Gasteiger partial charge in [0.05, 0.1) is 34.2 Å². The van der Waals surface area contributed by atoms with Crippen LogP contribution in [0, 0.1) is 20.2 Å². The second kappa shape index (κ2) is 9.17. The van der Waals surface area contributed by atoms with Crippen molar-refractivity contribution >= 4 is 27.6 Å². The highest BCUT2D eigenvalue weighted by atomic mass is 32.2. The number of methoxy groups -OCH3 is 1. The lowest BCUT2D eigenvalue weighted by Crippen LogP contribution is -2.18. The van der Waals surface area contributed by atoms with Gasteiger partial charge in [0.15, 0.2) is 5.75 Å². The largest absolute Gasteiger partial charge is 0.493 e. The predicted molar refractivity (Wildman–Crippen MR) is 106 cm³/mol. The highest BCUT2D eigenvalue weighted by molar-refractivity contribution is 7.89. The minimum absolute atomic E-state index is 0.0631. The molecule has 0 aromatic heterocycles. The van der Waals surface area contributed by atoms with Gasteiger partial charge in [-0.25, -0.2) is 4.83 Å². The van der Waals surface area contributed by atoms with Crippen molar-refractivity contribution in [2.75, 3.05) is 7.11 Å². The van der Waals surface area contributed by atoms with Crippen molar-refractivity contribution < 1.29 is 27.7 Å². The van der Waals surface area contributed by atoms with Gasteiger partial charge < -0.3 is 9.47 Å². The van der Waals surface area contributed by atoms with Crippen LogP contribution >= 0.6 is 0 Å². The zero-order valence-corrected chi connectivity index (χ0v) is 17.0. The summed E-state index contributed by atoms with van der Waals surface area (Å²) in [6.07, 6.45) is 0.683. The van der Waals surface area contributed by atoms with Gasteiger partial charge in [0, 0.05) is 23.8 Å². The molecular formula is C17H18N4O8S. The van der Waals surface area contributed by atoms with Gasteiger partial charge in [-0.15, -0.1) is 0 Å². The quantitative estimate of drug-likeness (QED) is 0.355. The number of sulfonamides is 1. The first-order valence-electron chi connectivity index (χ1n) is 8.37. The molecule has 0 aliphatic carbocycles. The molecular weight excluding hydrogens is 420 g/mol. The summed E-state index contributed by atoms with van der Waals surface area (Å²) in [6.45, 7) is 3.39. The SMILES string of the molecule is COc1cc(/C=N/NS(=O)(=O)c2cccc([N+](=O)[O-])c2)cc([N+](=O)[O-])c1OC(C)C. The molecule has 2 rings (SSSR count). The number of nitro benzene ring substituents is 2. The third-order valence-corrected chi connectivity index (χ3v) is 4.77. The van der Waals surface area contributed by atoms with Crippen molar-refractivity contribution in [1.82, 2.24) is 4.83 Å². The van der Waals surface area contributed by atoms with E-state index in [1.54, 1.807) is 13.8 Å². The normalized spacial score (nSPS) is 11.5. The van der Waals surface area contributed by atoms with Crippen LogP contribution in [-0.4, -0.2) is 37.7 Å². The lowest BCUT2D eigenvalue weighted by atomic mass is 10.2. The van der Waals surface area contributed by atoms with Crippen LogP contribution in [-0.2, 0) is 10.0 Å². The van der Waals surface area contributed by atoms with Crippen LogP contribution in [0.4, 0.5) is 11.4 Å².